The quantitative estimate of drug-likeness (QED) is 0.447. The monoisotopic (exact) mass is 392 g/mol. The molecule has 0 saturated carbocycles. The SMILES string of the molecule is CC(C)=CC[C@@H](OC(=O)c1ccccc1)c1cc(O)c2c(c1O)C(=O)C=CC2=O. The number of esters is 1. The standard InChI is InChI=1S/C23H20O6/c1-13(2)8-11-19(29-23(28)14-6-4-3-5-7-14)15-12-18(26)20-16(24)9-10-17(25)21(20)22(15)27/h3-10,12,19,26-27H,11H2,1-2H3/t19-/m1/s1. The van der Waals surface area contributed by atoms with E-state index in [4.69, 9.17) is 4.74 Å². The van der Waals surface area contributed by atoms with Gasteiger partial charge >= 0.3 is 5.97 Å². The van der Waals surface area contributed by atoms with Gasteiger partial charge in [0.05, 0.1) is 16.7 Å². The van der Waals surface area contributed by atoms with Crippen LogP contribution in [0, 0.1) is 0 Å². The summed E-state index contributed by atoms with van der Waals surface area (Å²) in [5, 5.41) is 21.1. The number of hydrogen-bond acceptors (Lipinski definition) is 6. The fourth-order valence-corrected chi connectivity index (χ4v) is 3.08. The molecule has 0 heterocycles. The summed E-state index contributed by atoms with van der Waals surface area (Å²) >= 11 is 0. The Bertz CT molecular complexity index is 1040. The Morgan fingerprint density at radius 1 is 1.03 bits per heavy atom. The van der Waals surface area contributed by atoms with Gasteiger partial charge in [-0.3, -0.25) is 9.59 Å². The summed E-state index contributed by atoms with van der Waals surface area (Å²) < 4.78 is 5.59. The van der Waals surface area contributed by atoms with Crippen LogP contribution in [0.1, 0.15) is 63.0 Å². The first-order valence-electron chi connectivity index (χ1n) is 9.04. The first-order chi connectivity index (χ1) is 13.8. The van der Waals surface area contributed by atoms with Crippen molar-refractivity contribution in [2.45, 2.75) is 26.4 Å². The van der Waals surface area contributed by atoms with E-state index < -0.39 is 35.1 Å². The fraction of sp³-hybridized carbons (Fsp3) is 0.174. The van der Waals surface area contributed by atoms with Gasteiger partial charge in [-0.05, 0) is 44.2 Å². The zero-order valence-electron chi connectivity index (χ0n) is 16.0. The minimum absolute atomic E-state index is 0.0551. The highest BCUT2D eigenvalue weighted by Crippen LogP contribution is 2.41. The van der Waals surface area contributed by atoms with E-state index in [-0.39, 0.29) is 23.1 Å². The number of phenols is 2. The first-order valence-corrected chi connectivity index (χ1v) is 9.04. The Labute approximate surface area is 167 Å². The first kappa shape index (κ1) is 20.1. The molecular formula is C23H20O6. The molecule has 0 spiro atoms. The molecular weight excluding hydrogens is 372 g/mol. The van der Waals surface area contributed by atoms with Crippen molar-refractivity contribution in [3.63, 3.8) is 0 Å². The summed E-state index contributed by atoms with van der Waals surface area (Å²) in [5.74, 6) is -2.73. The zero-order valence-corrected chi connectivity index (χ0v) is 16.0. The van der Waals surface area contributed by atoms with E-state index in [0.717, 1.165) is 17.7 Å². The third-order valence-corrected chi connectivity index (χ3v) is 4.53. The largest absolute Gasteiger partial charge is 0.507 e. The molecule has 1 atom stereocenters. The molecule has 2 aromatic carbocycles. The second-order valence-electron chi connectivity index (χ2n) is 6.92. The van der Waals surface area contributed by atoms with Crippen LogP contribution in [0.5, 0.6) is 11.5 Å². The Morgan fingerprint density at radius 2 is 1.66 bits per heavy atom. The molecule has 0 bridgehead atoms. The van der Waals surface area contributed by atoms with Gasteiger partial charge in [0.2, 0.25) is 0 Å². The number of ether oxygens (including phenoxy) is 1. The number of fused-ring (bicyclic) bond motifs is 1. The molecule has 0 radical (unpaired) electrons. The van der Waals surface area contributed by atoms with Crippen LogP contribution in [-0.4, -0.2) is 27.7 Å². The molecule has 1 aliphatic carbocycles. The van der Waals surface area contributed by atoms with Gasteiger partial charge in [0.15, 0.2) is 11.6 Å². The normalized spacial score (nSPS) is 13.6. The van der Waals surface area contributed by atoms with Gasteiger partial charge in [0.25, 0.3) is 0 Å². The van der Waals surface area contributed by atoms with E-state index in [1.54, 1.807) is 30.3 Å². The Kier molecular flexibility index (Phi) is 5.64. The lowest BCUT2D eigenvalue weighted by Crippen LogP contribution is -2.16. The molecule has 148 valence electrons. The number of benzene rings is 2. The van der Waals surface area contributed by atoms with Crippen LogP contribution in [0.25, 0.3) is 0 Å². The molecule has 0 aromatic heterocycles. The summed E-state index contributed by atoms with van der Waals surface area (Å²) in [5.41, 5.74) is 0.797. The molecule has 0 aliphatic heterocycles. The number of carbonyl (C=O) groups is 3. The molecule has 6 nitrogen and oxygen atoms in total. The van der Waals surface area contributed by atoms with Crippen molar-refractivity contribution in [3.8, 4) is 11.5 Å². The van der Waals surface area contributed by atoms with Crippen LogP contribution in [0.2, 0.25) is 0 Å². The second kappa shape index (κ2) is 8.14. The molecule has 6 heteroatoms. The van der Waals surface area contributed by atoms with Crippen LogP contribution in [0.4, 0.5) is 0 Å². The second-order valence-corrected chi connectivity index (χ2v) is 6.92. The molecule has 2 N–H and O–H groups in total. The Balaban J connectivity index is 2.07. The molecule has 0 fully saturated rings. The lowest BCUT2D eigenvalue weighted by Gasteiger charge is -2.22. The van der Waals surface area contributed by atoms with Crippen molar-refractivity contribution in [2.24, 2.45) is 0 Å². The van der Waals surface area contributed by atoms with Crippen molar-refractivity contribution in [1.82, 2.24) is 0 Å². The average molecular weight is 392 g/mol. The molecule has 0 saturated heterocycles. The van der Waals surface area contributed by atoms with Crippen LogP contribution in [0.3, 0.4) is 0 Å². The maximum atomic E-state index is 12.6. The van der Waals surface area contributed by atoms with Crippen molar-refractivity contribution in [3.05, 3.63) is 82.5 Å². The van der Waals surface area contributed by atoms with E-state index in [1.165, 1.54) is 6.07 Å². The van der Waals surface area contributed by atoms with E-state index in [2.05, 4.69) is 0 Å². The number of allylic oxidation sites excluding steroid dienone is 3. The van der Waals surface area contributed by atoms with Gasteiger partial charge in [0.1, 0.15) is 17.6 Å². The molecule has 1 aliphatic rings. The highest BCUT2D eigenvalue weighted by atomic mass is 16.5. The summed E-state index contributed by atoms with van der Waals surface area (Å²) in [7, 11) is 0. The molecule has 3 rings (SSSR count). The van der Waals surface area contributed by atoms with Gasteiger partial charge in [-0.25, -0.2) is 4.79 Å². The summed E-state index contributed by atoms with van der Waals surface area (Å²) in [4.78, 5) is 36.9. The third kappa shape index (κ3) is 4.11. The van der Waals surface area contributed by atoms with E-state index in [1.807, 2.05) is 19.9 Å². The topological polar surface area (TPSA) is 101 Å². The summed E-state index contributed by atoms with van der Waals surface area (Å²) in [6.07, 6.45) is 3.13. The van der Waals surface area contributed by atoms with Crippen molar-refractivity contribution >= 4 is 17.5 Å². The van der Waals surface area contributed by atoms with Crippen molar-refractivity contribution in [1.29, 1.82) is 0 Å². The Morgan fingerprint density at radius 3 is 2.28 bits per heavy atom. The lowest BCUT2D eigenvalue weighted by molar-refractivity contribution is 0.0297. The maximum absolute atomic E-state index is 12.6. The van der Waals surface area contributed by atoms with Gasteiger partial charge in [-0.1, -0.05) is 29.8 Å². The fourth-order valence-electron chi connectivity index (χ4n) is 3.08. The van der Waals surface area contributed by atoms with E-state index in [9.17, 15) is 24.6 Å². The van der Waals surface area contributed by atoms with Crippen LogP contribution >= 0.6 is 0 Å². The molecule has 0 amide bonds. The van der Waals surface area contributed by atoms with E-state index >= 15 is 0 Å². The van der Waals surface area contributed by atoms with Crippen LogP contribution < -0.4 is 0 Å². The van der Waals surface area contributed by atoms with Gasteiger partial charge in [-0.2, -0.15) is 0 Å². The van der Waals surface area contributed by atoms with E-state index in [0.29, 0.717) is 5.56 Å². The highest BCUT2D eigenvalue weighted by Gasteiger charge is 2.31. The number of phenolic OH excluding ortho intramolecular Hbond substituents is 2. The molecule has 0 unspecified atom stereocenters. The number of ketones is 2. The molecule has 2 aromatic rings. The summed E-state index contributed by atoms with van der Waals surface area (Å²) in [6, 6.07) is 9.51. The van der Waals surface area contributed by atoms with Gasteiger partial charge in [0, 0.05) is 12.0 Å². The number of hydrogen-bond donors (Lipinski definition) is 2. The molecule has 29 heavy (non-hydrogen) atoms. The third-order valence-electron chi connectivity index (χ3n) is 4.53. The smallest absolute Gasteiger partial charge is 0.338 e. The van der Waals surface area contributed by atoms with Gasteiger partial charge < -0.3 is 14.9 Å². The highest BCUT2D eigenvalue weighted by molar-refractivity contribution is 6.24. The number of rotatable bonds is 5. The zero-order chi connectivity index (χ0) is 21.1. The van der Waals surface area contributed by atoms with Crippen molar-refractivity contribution in [2.75, 3.05) is 0 Å². The number of aromatic hydroxyl groups is 2. The minimum Gasteiger partial charge on any atom is -0.507 e. The predicted octanol–water partition coefficient (Wildman–Crippen LogP) is 4.29. The van der Waals surface area contributed by atoms with Crippen LogP contribution in [-0.2, 0) is 4.74 Å². The average Bonchev–Trinajstić information content (AvgIpc) is 2.70. The Hall–Kier alpha value is -3.67. The predicted molar refractivity (Wildman–Crippen MR) is 106 cm³/mol. The minimum atomic E-state index is -0.970. The number of carbonyl (C=O) groups excluding carboxylic acids is 3. The van der Waals surface area contributed by atoms with Crippen molar-refractivity contribution < 1.29 is 29.3 Å². The summed E-state index contributed by atoms with van der Waals surface area (Å²) in [6.45, 7) is 3.74. The van der Waals surface area contributed by atoms with Crippen LogP contribution in [0.15, 0.2) is 60.2 Å². The van der Waals surface area contributed by atoms with Gasteiger partial charge in [-0.15, -0.1) is 0 Å². The lowest BCUT2D eigenvalue weighted by atomic mass is 9.89. The maximum Gasteiger partial charge on any atom is 0.338 e.